The van der Waals surface area contributed by atoms with Crippen molar-refractivity contribution in [2.45, 2.75) is 52.0 Å². The first-order chi connectivity index (χ1) is 21.3. The Morgan fingerprint density at radius 3 is 2.55 bits per heavy atom. The predicted octanol–water partition coefficient (Wildman–Crippen LogP) is 3.83. The Kier molecular flexibility index (Phi) is 8.40. The number of hydrogen-bond acceptors (Lipinski definition) is 7. The molecule has 1 atom stereocenters. The van der Waals surface area contributed by atoms with Gasteiger partial charge in [-0.05, 0) is 82.3 Å². The first kappa shape index (κ1) is 29.1. The molecule has 44 heavy (non-hydrogen) atoms. The van der Waals surface area contributed by atoms with Gasteiger partial charge in [-0.3, -0.25) is 19.7 Å². The quantitative estimate of drug-likeness (QED) is 0.255. The molecule has 2 aromatic carbocycles. The minimum absolute atomic E-state index is 0.0344. The number of aromatic nitrogens is 3. The van der Waals surface area contributed by atoms with E-state index in [1.165, 1.54) is 4.80 Å². The normalized spacial score (nSPS) is 17.6. The number of benzene rings is 2. The maximum atomic E-state index is 13.7. The van der Waals surface area contributed by atoms with Gasteiger partial charge in [0.15, 0.2) is 5.69 Å². The topological polar surface area (TPSA) is 138 Å². The summed E-state index contributed by atoms with van der Waals surface area (Å²) in [5.41, 5.74) is 2.69. The molecule has 228 valence electrons. The zero-order valence-electron chi connectivity index (χ0n) is 25.0. The summed E-state index contributed by atoms with van der Waals surface area (Å²) < 4.78 is 5.71. The van der Waals surface area contributed by atoms with Crippen molar-refractivity contribution < 1.29 is 18.8 Å². The van der Waals surface area contributed by atoms with Crippen molar-refractivity contribution in [3.63, 3.8) is 0 Å². The van der Waals surface area contributed by atoms with Crippen LogP contribution in [0.15, 0.2) is 64.0 Å². The fourth-order valence-electron chi connectivity index (χ4n) is 5.67. The summed E-state index contributed by atoms with van der Waals surface area (Å²) in [6, 6.07) is 16.0. The van der Waals surface area contributed by atoms with Crippen molar-refractivity contribution >= 4 is 40.3 Å². The zero-order valence-corrected chi connectivity index (χ0v) is 25.0. The molecule has 3 amide bonds. The number of furan rings is 1. The first-order valence-corrected chi connectivity index (χ1v) is 15.1. The number of amides is 3. The number of hydrogen-bond donors (Lipinski definition) is 2. The minimum atomic E-state index is -0.771. The number of rotatable bonds is 6. The average Bonchev–Trinajstić information content (AvgIpc) is 3.75. The number of aryl methyl sites for hydroxylation is 2. The molecule has 2 aromatic heterocycles. The van der Waals surface area contributed by atoms with Gasteiger partial charge in [-0.2, -0.15) is 9.90 Å². The van der Waals surface area contributed by atoms with Gasteiger partial charge in [-0.1, -0.05) is 18.2 Å². The van der Waals surface area contributed by atoms with E-state index < -0.39 is 11.9 Å². The number of aliphatic imine (C=N–C) groups is 1. The molecule has 2 aliphatic rings. The number of carbonyl (C=O) groups is 3. The number of carbonyl (C=O) groups excluding carboxylic acids is 3. The van der Waals surface area contributed by atoms with Crippen molar-refractivity contribution in [3.8, 4) is 5.69 Å². The lowest BCUT2D eigenvalue weighted by Gasteiger charge is -2.25. The number of para-hydroxylation sites is 1. The average molecular weight is 597 g/mol. The Morgan fingerprint density at radius 2 is 1.75 bits per heavy atom. The fraction of sp³-hybridized carbons (Fsp3) is 0.375. The van der Waals surface area contributed by atoms with Gasteiger partial charge >= 0.3 is 0 Å². The van der Waals surface area contributed by atoms with Crippen molar-refractivity contribution in [2.24, 2.45) is 4.99 Å². The summed E-state index contributed by atoms with van der Waals surface area (Å²) in [6.07, 6.45) is 4.02. The van der Waals surface area contributed by atoms with Crippen LogP contribution in [-0.4, -0.2) is 80.7 Å². The molecule has 4 aromatic rings. The van der Waals surface area contributed by atoms with Crippen LogP contribution in [0.3, 0.4) is 0 Å². The Labute approximate surface area is 255 Å². The van der Waals surface area contributed by atoms with Gasteiger partial charge in [0.2, 0.25) is 17.8 Å². The Morgan fingerprint density at radius 1 is 0.977 bits per heavy atom. The highest BCUT2D eigenvalue weighted by molar-refractivity contribution is 6.10. The third kappa shape index (κ3) is 6.48. The number of nitrogens with zero attached hydrogens (tertiary/aromatic N) is 6. The van der Waals surface area contributed by atoms with Crippen molar-refractivity contribution in [1.82, 2.24) is 30.1 Å². The molecule has 6 rings (SSSR count). The van der Waals surface area contributed by atoms with Crippen molar-refractivity contribution in [3.05, 3.63) is 71.7 Å². The second kappa shape index (κ2) is 12.7. The highest BCUT2D eigenvalue weighted by atomic mass is 16.3. The van der Waals surface area contributed by atoms with Crippen LogP contribution in [0.5, 0.6) is 0 Å². The number of fused-ring (bicyclic) bond motifs is 1. The van der Waals surface area contributed by atoms with E-state index in [-0.39, 0.29) is 30.0 Å². The Balaban J connectivity index is 1.27. The van der Waals surface area contributed by atoms with Crippen LogP contribution in [0, 0.1) is 13.8 Å². The minimum Gasteiger partial charge on any atom is -0.461 e. The Bertz CT molecular complexity index is 1700. The largest absolute Gasteiger partial charge is 0.461 e. The first-order valence-electron chi connectivity index (χ1n) is 15.1. The molecule has 4 heterocycles. The van der Waals surface area contributed by atoms with Gasteiger partial charge in [-0.15, -0.1) is 5.10 Å². The maximum absolute atomic E-state index is 13.7. The second-order valence-electron chi connectivity index (χ2n) is 11.3. The van der Waals surface area contributed by atoms with E-state index in [0.717, 1.165) is 61.2 Å². The molecule has 12 nitrogen and oxygen atoms in total. The molecular formula is C32H36N8O4. The monoisotopic (exact) mass is 596 g/mol. The predicted molar refractivity (Wildman–Crippen MR) is 166 cm³/mol. The van der Waals surface area contributed by atoms with Gasteiger partial charge in [0, 0.05) is 30.7 Å². The summed E-state index contributed by atoms with van der Waals surface area (Å²) in [5.74, 6) is 0.111. The van der Waals surface area contributed by atoms with E-state index in [4.69, 9.17) is 9.41 Å². The standard InChI is InChI=1S/C32H36N8O4/c1-21-18-23-19-24(13-14-27(23)44-21)33-32(35-30(42)29-22(2)36-40(37-29)25-10-4-3-5-11-25)34-26-12-6-7-17-39(31(26)43)20-28(41)38-15-8-9-16-38/h3-5,10-11,13-14,18-19,26H,6-9,12,15-17,20H2,1-2H3,(H2,33,34,35,42). The molecule has 2 saturated heterocycles. The molecule has 2 aliphatic heterocycles. The summed E-state index contributed by atoms with van der Waals surface area (Å²) in [6.45, 7) is 5.60. The maximum Gasteiger partial charge on any atom is 0.280 e. The molecule has 0 radical (unpaired) electrons. The Hall–Kier alpha value is -5.00. The van der Waals surface area contributed by atoms with Gasteiger partial charge in [0.1, 0.15) is 17.4 Å². The lowest BCUT2D eigenvalue weighted by atomic mass is 10.1. The van der Waals surface area contributed by atoms with Crippen LogP contribution < -0.4 is 10.6 Å². The van der Waals surface area contributed by atoms with Gasteiger partial charge in [0.25, 0.3) is 5.91 Å². The van der Waals surface area contributed by atoms with E-state index in [9.17, 15) is 14.4 Å². The summed E-state index contributed by atoms with van der Waals surface area (Å²) in [5, 5.41) is 15.8. The summed E-state index contributed by atoms with van der Waals surface area (Å²) in [4.78, 5) is 49.8. The van der Waals surface area contributed by atoms with Crippen LogP contribution in [0.2, 0.25) is 0 Å². The molecule has 2 N–H and O–H groups in total. The van der Waals surface area contributed by atoms with E-state index >= 15 is 0 Å². The van der Waals surface area contributed by atoms with Crippen LogP contribution in [0.4, 0.5) is 5.69 Å². The third-order valence-corrected chi connectivity index (χ3v) is 7.94. The molecule has 0 spiro atoms. The number of anilines is 1. The van der Waals surface area contributed by atoms with Gasteiger partial charge < -0.3 is 19.5 Å². The number of likely N-dealkylation sites (tertiary alicyclic amines) is 2. The molecule has 2 fully saturated rings. The van der Waals surface area contributed by atoms with Gasteiger partial charge in [0.05, 0.1) is 17.9 Å². The lowest BCUT2D eigenvalue weighted by molar-refractivity contribution is -0.140. The SMILES string of the molecule is Cc1cc2cc(NC(=NC3CCCCN(CC(=O)N4CCCC4)C3=O)NC(=O)c3nn(-c4ccccc4)nc3C)ccc2o1. The summed E-state index contributed by atoms with van der Waals surface area (Å²) >= 11 is 0. The fourth-order valence-corrected chi connectivity index (χ4v) is 5.67. The smallest absolute Gasteiger partial charge is 0.280 e. The van der Waals surface area contributed by atoms with Crippen molar-refractivity contribution in [2.75, 3.05) is 31.5 Å². The summed E-state index contributed by atoms with van der Waals surface area (Å²) in [7, 11) is 0. The molecule has 0 bridgehead atoms. The molecule has 0 aliphatic carbocycles. The molecule has 1 unspecified atom stereocenters. The lowest BCUT2D eigenvalue weighted by Crippen LogP contribution is -2.45. The zero-order chi connectivity index (χ0) is 30.6. The van der Waals surface area contributed by atoms with E-state index in [1.807, 2.05) is 66.4 Å². The molecule has 0 saturated carbocycles. The van der Waals surface area contributed by atoms with E-state index in [0.29, 0.717) is 24.3 Å². The third-order valence-electron chi connectivity index (χ3n) is 7.94. The molecule has 12 heteroatoms. The highest BCUT2D eigenvalue weighted by Gasteiger charge is 2.31. The van der Waals surface area contributed by atoms with E-state index in [2.05, 4.69) is 20.8 Å². The van der Waals surface area contributed by atoms with Gasteiger partial charge in [-0.25, -0.2) is 4.99 Å². The molecular weight excluding hydrogens is 560 g/mol. The second-order valence-corrected chi connectivity index (χ2v) is 11.3. The van der Waals surface area contributed by atoms with Crippen LogP contribution in [0.1, 0.15) is 54.0 Å². The number of nitrogens with one attached hydrogen (secondary N) is 2. The van der Waals surface area contributed by atoms with Crippen LogP contribution in [-0.2, 0) is 9.59 Å². The van der Waals surface area contributed by atoms with E-state index in [1.54, 1.807) is 11.8 Å². The highest BCUT2D eigenvalue weighted by Crippen LogP contribution is 2.23. The van der Waals surface area contributed by atoms with Crippen molar-refractivity contribution in [1.29, 1.82) is 0 Å². The number of guanidine groups is 1. The van der Waals surface area contributed by atoms with Crippen LogP contribution >= 0.6 is 0 Å². The van der Waals surface area contributed by atoms with Crippen LogP contribution in [0.25, 0.3) is 16.7 Å².